The molecule has 0 radical (unpaired) electrons. The van der Waals surface area contributed by atoms with Crippen LogP contribution < -0.4 is 9.47 Å². The summed E-state index contributed by atoms with van der Waals surface area (Å²) in [5, 5.41) is 1.19. The maximum atomic E-state index is 12.9. The number of carbonyl (C=O) groups excluding carboxylic acids is 2. The van der Waals surface area contributed by atoms with Crippen molar-refractivity contribution in [1.82, 2.24) is 0 Å². The second kappa shape index (κ2) is 10.5. The number of halogens is 1. The lowest BCUT2D eigenvalue weighted by atomic mass is 10.2. The molecule has 0 saturated carbocycles. The van der Waals surface area contributed by atoms with Crippen molar-refractivity contribution in [2.45, 2.75) is 6.92 Å². The first kappa shape index (κ1) is 23.5. The molecule has 6 nitrogen and oxygen atoms in total. The molecule has 4 rings (SSSR count). The van der Waals surface area contributed by atoms with Crippen molar-refractivity contribution in [1.29, 1.82) is 0 Å². The van der Waals surface area contributed by atoms with Crippen LogP contribution in [0.5, 0.6) is 11.5 Å². The third kappa shape index (κ3) is 5.11. The fraction of sp³-hybridized carbons (Fsp3) is 0.115. The zero-order valence-electron chi connectivity index (χ0n) is 18.4. The molecule has 0 unspecified atom stereocenters. The second-order valence-electron chi connectivity index (χ2n) is 7.07. The highest BCUT2D eigenvalue weighted by Crippen LogP contribution is 2.37. The summed E-state index contributed by atoms with van der Waals surface area (Å²) in [7, 11) is 1.33. The zero-order valence-corrected chi connectivity index (χ0v) is 20.0. The lowest BCUT2D eigenvalue weighted by molar-refractivity contribution is 0.0600. The van der Waals surface area contributed by atoms with E-state index in [1.807, 2.05) is 31.2 Å². The average Bonchev–Trinajstić information content (AvgIpc) is 3.20. The van der Waals surface area contributed by atoms with E-state index in [0.29, 0.717) is 33.5 Å². The summed E-state index contributed by atoms with van der Waals surface area (Å²) >= 11 is 7.70. The van der Waals surface area contributed by atoms with Crippen LogP contribution in [-0.4, -0.2) is 31.9 Å². The van der Waals surface area contributed by atoms with Crippen molar-refractivity contribution in [3.05, 3.63) is 87.8 Å². The summed E-state index contributed by atoms with van der Waals surface area (Å²) in [4.78, 5) is 29.3. The van der Waals surface area contributed by atoms with Crippen LogP contribution in [0.4, 0.5) is 5.69 Å². The normalized spacial score (nSPS) is 11.0. The van der Waals surface area contributed by atoms with Crippen LogP contribution >= 0.6 is 22.9 Å². The summed E-state index contributed by atoms with van der Waals surface area (Å²) in [5.74, 6) is -0.292. The van der Waals surface area contributed by atoms with E-state index in [4.69, 9.17) is 25.8 Å². The first-order valence-corrected chi connectivity index (χ1v) is 11.6. The van der Waals surface area contributed by atoms with Gasteiger partial charge in [-0.2, -0.15) is 0 Å². The van der Waals surface area contributed by atoms with Gasteiger partial charge in [-0.1, -0.05) is 35.9 Å². The Balaban J connectivity index is 1.56. The Labute approximate surface area is 205 Å². The monoisotopic (exact) mass is 493 g/mol. The second-order valence-corrected chi connectivity index (χ2v) is 8.50. The molecular formula is C26H20ClNO5S. The van der Waals surface area contributed by atoms with Crippen LogP contribution in [0, 0.1) is 0 Å². The molecule has 34 heavy (non-hydrogen) atoms. The van der Waals surface area contributed by atoms with E-state index in [1.54, 1.807) is 48.7 Å². The summed E-state index contributed by atoms with van der Waals surface area (Å²) < 4.78 is 17.0. The van der Waals surface area contributed by atoms with E-state index in [1.165, 1.54) is 18.4 Å². The predicted octanol–water partition coefficient (Wildman–Crippen LogP) is 6.71. The van der Waals surface area contributed by atoms with Crippen molar-refractivity contribution >= 4 is 56.9 Å². The Morgan fingerprint density at radius 1 is 1.00 bits per heavy atom. The highest BCUT2D eigenvalue weighted by molar-refractivity contribution is 7.21. The van der Waals surface area contributed by atoms with Crippen LogP contribution in [0.25, 0.3) is 10.1 Å². The van der Waals surface area contributed by atoms with Crippen molar-refractivity contribution in [2.24, 2.45) is 4.99 Å². The molecule has 0 aliphatic carbocycles. The largest absolute Gasteiger partial charge is 0.490 e. The summed E-state index contributed by atoms with van der Waals surface area (Å²) in [5.41, 5.74) is 1.73. The van der Waals surface area contributed by atoms with Crippen molar-refractivity contribution in [2.75, 3.05) is 13.7 Å². The molecule has 0 aliphatic heterocycles. The number of methoxy groups -OCH3 is 1. The van der Waals surface area contributed by atoms with E-state index in [9.17, 15) is 9.59 Å². The number of carbonyl (C=O) groups is 2. The van der Waals surface area contributed by atoms with Crippen molar-refractivity contribution in [3.63, 3.8) is 0 Å². The molecule has 1 aromatic heterocycles. The first-order chi connectivity index (χ1) is 16.5. The smallest absolute Gasteiger partial charge is 0.355 e. The SMILES string of the molecule is CCOc1cc(C=Nc2cccc(C(=O)OC)c2)ccc1OC(=O)c1sc2ccccc2c1Cl. The van der Waals surface area contributed by atoms with Gasteiger partial charge in [0, 0.05) is 16.3 Å². The molecule has 0 saturated heterocycles. The molecule has 0 aliphatic rings. The molecule has 0 amide bonds. The Morgan fingerprint density at radius 3 is 2.59 bits per heavy atom. The first-order valence-electron chi connectivity index (χ1n) is 10.4. The van der Waals surface area contributed by atoms with Gasteiger partial charge in [-0.05, 0) is 55.0 Å². The predicted molar refractivity (Wildman–Crippen MR) is 134 cm³/mol. The minimum absolute atomic E-state index is 0.283. The Kier molecular flexibility index (Phi) is 7.25. The van der Waals surface area contributed by atoms with Crippen LogP contribution in [0.15, 0.2) is 71.7 Å². The van der Waals surface area contributed by atoms with E-state index in [-0.39, 0.29) is 5.75 Å². The number of hydrogen-bond donors (Lipinski definition) is 0. The van der Waals surface area contributed by atoms with E-state index in [0.717, 1.165) is 15.6 Å². The number of nitrogens with zero attached hydrogens (tertiary/aromatic N) is 1. The molecule has 3 aromatic carbocycles. The summed E-state index contributed by atoms with van der Waals surface area (Å²) in [6.45, 7) is 2.23. The molecule has 1 heterocycles. The lowest BCUT2D eigenvalue weighted by Gasteiger charge is -2.11. The maximum absolute atomic E-state index is 12.9. The standard InChI is InChI=1S/C26H20ClNO5S/c1-3-32-21-13-16(15-28-18-8-6-7-17(14-18)25(29)31-2)11-12-20(21)33-26(30)24-23(27)19-9-4-5-10-22(19)34-24/h4-15H,3H2,1-2H3. The molecule has 0 atom stereocenters. The van der Waals surface area contributed by atoms with E-state index < -0.39 is 11.9 Å². The molecule has 172 valence electrons. The van der Waals surface area contributed by atoms with Crippen molar-refractivity contribution in [3.8, 4) is 11.5 Å². The number of thiophene rings is 1. The van der Waals surface area contributed by atoms with Gasteiger partial charge in [-0.3, -0.25) is 4.99 Å². The fourth-order valence-electron chi connectivity index (χ4n) is 3.23. The van der Waals surface area contributed by atoms with Gasteiger partial charge >= 0.3 is 11.9 Å². The molecule has 8 heteroatoms. The molecule has 4 aromatic rings. The van der Waals surface area contributed by atoms with Crippen molar-refractivity contribution < 1.29 is 23.8 Å². The van der Waals surface area contributed by atoms with Gasteiger partial charge in [0.1, 0.15) is 4.88 Å². The van der Waals surface area contributed by atoms with Gasteiger partial charge in [-0.15, -0.1) is 11.3 Å². The van der Waals surface area contributed by atoms with E-state index in [2.05, 4.69) is 4.99 Å². The molecule has 0 N–H and O–H groups in total. The minimum atomic E-state index is -0.548. The lowest BCUT2D eigenvalue weighted by Crippen LogP contribution is -2.08. The van der Waals surface area contributed by atoms with Gasteiger partial charge in [0.2, 0.25) is 0 Å². The Hall–Kier alpha value is -3.68. The Morgan fingerprint density at radius 2 is 1.82 bits per heavy atom. The quantitative estimate of drug-likeness (QED) is 0.162. The van der Waals surface area contributed by atoms with Crippen LogP contribution in [0.1, 0.15) is 32.5 Å². The maximum Gasteiger partial charge on any atom is 0.355 e. The number of rotatable bonds is 7. The van der Waals surface area contributed by atoms with Gasteiger partial charge < -0.3 is 14.2 Å². The average molecular weight is 494 g/mol. The Bertz CT molecular complexity index is 1400. The molecule has 0 fully saturated rings. The van der Waals surface area contributed by atoms with Gasteiger partial charge in [0.05, 0.1) is 30.0 Å². The molecule has 0 spiro atoms. The molecular weight excluding hydrogens is 474 g/mol. The highest BCUT2D eigenvalue weighted by atomic mass is 35.5. The van der Waals surface area contributed by atoms with E-state index >= 15 is 0 Å². The van der Waals surface area contributed by atoms with Crippen LogP contribution in [0.3, 0.4) is 0 Å². The van der Waals surface area contributed by atoms with Gasteiger partial charge in [-0.25, -0.2) is 9.59 Å². The number of hydrogen-bond acceptors (Lipinski definition) is 7. The zero-order chi connectivity index (χ0) is 24.1. The van der Waals surface area contributed by atoms with Crippen LogP contribution in [-0.2, 0) is 4.74 Å². The fourth-order valence-corrected chi connectivity index (χ4v) is 4.61. The third-order valence-corrected chi connectivity index (χ3v) is 6.48. The number of aliphatic imine (C=N–C) groups is 1. The summed E-state index contributed by atoms with van der Waals surface area (Å²) in [6.07, 6.45) is 1.63. The third-order valence-electron chi connectivity index (χ3n) is 4.82. The van der Waals surface area contributed by atoms with Gasteiger partial charge in [0.15, 0.2) is 11.5 Å². The number of benzene rings is 3. The minimum Gasteiger partial charge on any atom is -0.490 e. The number of fused-ring (bicyclic) bond motifs is 1. The van der Waals surface area contributed by atoms with Gasteiger partial charge in [0.25, 0.3) is 0 Å². The van der Waals surface area contributed by atoms with Crippen LogP contribution in [0.2, 0.25) is 5.02 Å². The number of ether oxygens (including phenoxy) is 3. The topological polar surface area (TPSA) is 74.2 Å². The summed E-state index contributed by atoms with van der Waals surface area (Å²) in [6, 6.07) is 19.5. The number of esters is 2. The molecule has 0 bridgehead atoms. The highest BCUT2D eigenvalue weighted by Gasteiger charge is 2.20.